The molecule has 0 bridgehead atoms. The van der Waals surface area contributed by atoms with Crippen LogP contribution in [0.2, 0.25) is 5.02 Å². The topological polar surface area (TPSA) is 96.0 Å². The van der Waals surface area contributed by atoms with Crippen molar-refractivity contribution in [2.45, 2.75) is 69.5 Å². The van der Waals surface area contributed by atoms with Crippen LogP contribution in [0.1, 0.15) is 50.2 Å². The Morgan fingerprint density at radius 2 is 1.74 bits per heavy atom. The number of sulfonamides is 1. The molecule has 10 heteroatoms. The lowest BCUT2D eigenvalue weighted by molar-refractivity contribution is -0.140. The van der Waals surface area contributed by atoms with Crippen LogP contribution in [-0.4, -0.2) is 50.9 Å². The zero-order chi connectivity index (χ0) is 30.3. The van der Waals surface area contributed by atoms with Gasteiger partial charge in [-0.2, -0.15) is 0 Å². The van der Waals surface area contributed by atoms with E-state index < -0.39 is 28.5 Å². The van der Waals surface area contributed by atoms with Crippen LogP contribution >= 0.6 is 11.6 Å². The number of halogens is 1. The SMILES string of the molecule is CC[C@H](C(=O)NC1CCCC1)N(Cc1cccc(OC)c1)C(=O)CN(c1ccc(Cl)cc1C)S(=O)(=O)c1ccccc1. The van der Waals surface area contributed by atoms with Crippen molar-refractivity contribution in [3.63, 3.8) is 0 Å². The lowest BCUT2D eigenvalue weighted by Crippen LogP contribution is -2.53. The van der Waals surface area contributed by atoms with Gasteiger partial charge in [-0.15, -0.1) is 0 Å². The molecule has 0 aliphatic heterocycles. The maximum absolute atomic E-state index is 14.3. The number of methoxy groups -OCH3 is 1. The number of aryl methyl sites for hydroxylation is 1. The van der Waals surface area contributed by atoms with E-state index in [2.05, 4.69) is 5.32 Å². The summed E-state index contributed by atoms with van der Waals surface area (Å²) in [6, 6.07) is 19.4. The Labute approximate surface area is 253 Å². The minimum atomic E-state index is -4.15. The first-order valence-electron chi connectivity index (χ1n) is 14.2. The Balaban J connectivity index is 1.74. The summed E-state index contributed by atoms with van der Waals surface area (Å²) < 4.78 is 34.5. The molecule has 1 atom stereocenters. The molecule has 0 unspecified atom stereocenters. The normalized spacial score (nSPS) is 14.3. The van der Waals surface area contributed by atoms with Crippen molar-refractivity contribution < 1.29 is 22.7 Å². The molecule has 8 nitrogen and oxygen atoms in total. The molecule has 0 spiro atoms. The van der Waals surface area contributed by atoms with E-state index in [0.29, 0.717) is 28.4 Å². The van der Waals surface area contributed by atoms with Crippen molar-refractivity contribution >= 4 is 39.1 Å². The average molecular weight is 612 g/mol. The first-order chi connectivity index (χ1) is 20.1. The maximum atomic E-state index is 14.3. The summed E-state index contributed by atoms with van der Waals surface area (Å²) in [5.41, 5.74) is 1.69. The summed E-state index contributed by atoms with van der Waals surface area (Å²) in [7, 11) is -2.59. The molecule has 42 heavy (non-hydrogen) atoms. The summed E-state index contributed by atoms with van der Waals surface area (Å²) in [5, 5.41) is 3.58. The van der Waals surface area contributed by atoms with E-state index in [9.17, 15) is 18.0 Å². The molecule has 224 valence electrons. The number of nitrogens with zero attached hydrogens (tertiary/aromatic N) is 2. The Morgan fingerprint density at radius 1 is 1.02 bits per heavy atom. The highest BCUT2D eigenvalue weighted by Gasteiger charge is 2.35. The molecule has 1 aliphatic carbocycles. The monoisotopic (exact) mass is 611 g/mol. The zero-order valence-electron chi connectivity index (χ0n) is 24.3. The molecule has 0 saturated heterocycles. The van der Waals surface area contributed by atoms with Gasteiger partial charge in [0, 0.05) is 17.6 Å². The van der Waals surface area contributed by atoms with Crippen LogP contribution in [0.15, 0.2) is 77.7 Å². The number of carbonyl (C=O) groups excluding carboxylic acids is 2. The number of ether oxygens (including phenoxy) is 1. The summed E-state index contributed by atoms with van der Waals surface area (Å²) >= 11 is 6.19. The van der Waals surface area contributed by atoms with E-state index >= 15 is 0 Å². The number of benzene rings is 3. The van der Waals surface area contributed by atoms with E-state index in [1.54, 1.807) is 56.5 Å². The van der Waals surface area contributed by atoms with Crippen LogP contribution in [0.5, 0.6) is 5.75 Å². The predicted octanol–water partition coefficient (Wildman–Crippen LogP) is 5.72. The summed E-state index contributed by atoms with van der Waals surface area (Å²) in [5.74, 6) is -0.116. The second kappa shape index (κ2) is 14.1. The van der Waals surface area contributed by atoms with Gasteiger partial charge in [-0.25, -0.2) is 8.42 Å². The van der Waals surface area contributed by atoms with Gasteiger partial charge in [0.05, 0.1) is 17.7 Å². The van der Waals surface area contributed by atoms with E-state index in [4.69, 9.17) is 16.3 Å². The number of anilines is 1. The molecule has 2 amide bonds. The Bertz CT molecular complexity index is 1490. The Morgan fingerprint density at radius 3 is 2.38 bits per heavy atom. The molecule has 1 fully saturated rings. The second-order valence-electron chi connectivity index (χ2n) is 10.5. The largest absolute Gasteiger partial charge is 0.497 e. The van der Waals surface area contributed by atoms with Gasteiger partial charge >= 0.3 is 0 Å². The van der Waals surface area contributed by atoms with Crippen LogP contribution < -0.4 is 14.4 Å². The summed E-state index contributed by atoms with van der Waals surface area (Å²) in [6.07, 6.45) is 4.29. The van der Waals surface area contributed by atoms with Crippen LogP contribution in [0, 0.1) is 6.92 Å². The number of nitrogens with one attached hydrogen (secondary N) is 1. The molecule has 4 rings (SSSR count). The minimum Gasteiger partial charge on any atom is -0.497 e. The molecule has 1 N–H and O–H groups in total. The van der Waals surface area contributed by atoms with Gasteiger partial charge in [-0.3, -0.25) is 13.9 Å². The Kier molecular flexibility index (Phi) is 10.5. The first kappa shape index (κ1) is 31.4. The van der Waals surface area contributed by atoms with Crippen molar-refractivity contribution in [2.75, 3.05) is 18.0 Å². The molecule has 3 aromatic carbocycles. The van der Waals surface area contributed by atoms with Gasteiger partial charge in [0.25, 0.3) is 10.0 Å². The van der Waals surface area contributed by atoms with Crippen molar-refractivity contribution in [1.82, 2.24) is 10.2 Å². The number of amides is 2. The predicted molar refractivity (Wildman–Crippen MR) is 165 cm³/mol. The minimum absolute atomic E-state index is 0.0533. The molecular weight excluding hydrogens is 574 g/mol. The van der Waals surface area contributed by atoms with E-state index in [-0.39, 0.29) is 23.4 Å². The average Bonchev–Trinajstić information content (AvgIpc) is 3.49. The van der Waals surface area contributed by atoms with E-state index in [1.165, 1.54) is 17.0 Å². The molecule has 0 aromatic heterocycles. The Hall–Kier alpha value is -3.56. The summed E-state index contributed by atoms with van der Waals surface area (Å²) in [4.78, 5) is 29.4. The number of carbonyl (C=O) groups is 2. The molecule has 3 aromatic rings. The molecule has 1 aliphatic rings. The van der Waals surface area contributed by atoms with Gasteiger partial charge in [0.2, 0.25) is 11.8 Å². The fourth-order valence-electron chi connectivity index (χ4n) is 5.39. The van der Waals surface area contributed by atoms with Crippen LogP contribution in [0.4, 0.5) is 5.69 Å². The molecule has 1 saturated carbocycles. The van der Waals surface area contributed by atoms with Crippen LogP contribution in [-0.2, 0) is 26.2 Å². The smallest absolute Gasteiger partial charge is 0.264 e. The lowest BCUT2D eigenvalue weighted by atomic mass is 10.1. The molecule has 0 radical (unpaired) electrons. The van der Waals surface area contributed by atoms with Gasteiger partial charge in [0.1, 0.15) is 18.3 Å². The van der Waals surface area contributed by atoms with E-state index in [0.717, 1.165) is 35.6 Å². The molecule has 0 heterocycles. The lowest BCUT2D eigenvalue weighted by Gasteiger charge is -2.34. The van der Waals surface area contributed by atoms with Gasteiger partial charge in [-0.05, 0) is 79.8 Å². The van der Waals surface area contributed by atoms with Crippen molar-refractivity contribution in [1.29, 1.82) is 0 Å². The fourth-order valence-corrected chi connectivity index (χ4v) is 7.11. The van der Waals surface area contributed by atoms with Gasteiger partial charge < -0.3 is 15.0 Å². The standard InChI is InChI=1S/C32H38ClN3O5S/c1-4-29(32(38)34-26-12-8-9-13-26)35(21-24-11-10-14-27(20-24)41-3)31(37)22-36(30-18-17-25(33)19-23(30)2)42(39,40)28-15-6-5-7-16-28/h5-7,10-11,14-20,26,29H,4,8-9,12-13,21-22H2,1-3H3,(H,34,38)/t29-/m1/s1. The van der Waals surface area contributed by atoms with Crippen molar-refractivity contribution in [3.8, 4) is 5.75 Å². The van der Waals surface area contributed by atoms with Crippen molar-refractivity contribution in [3.05, 3.63) is 88.9 Å². The zero-order valence-corrected chi connectivity index (χ0v) is 25.8. The fraction of sp³-hybridized carbons (Fsp3) is 0.375. The van der Waals surface area contributed by atoms with Gasteiger partial charge in [0.15, 0.2) is 0 Å². The van der Waals surface area contributed by atoms with Gasteiger partial charge in [-0.1, -0.05) is 61.7 Å². The maximum Gasteiger partial charge on any atom is 0.264 e. The highest BCUT2D eigenvalue weighted by Crippen LogP contribution is 2.30. The van der Waals surface area contributed by atoms with Crippen LogP contribution in [0.3, 0.4) is 0 Å². The van der Waals surface area contributed by atoms with Crippen LogP contribution in [0.25, 0.3) is 0 Å². The quantitative estimate of drug-likeness (QED) is 0.283. The number of hydrogen-bond donors (Lipinski definition) is 1. The third-order valence-corrected chi connectivity index (χ3v) is 9.62. The van der Waals surface area contributed by atoms with E-state index in [1.807, 2.05) is 25.1 Å². The third kappa shape index (κ3) is 7.44. The number of rotatable bonds is 12. The highest BCUT2D eigenvalue weighted by atomic mass is 35.5. The molecular formula is C32H38ClN3O5S. The third-order valence-electron chi connectivity index (χ3n) is 7.61. The highest BCUT2D eigenvalue weighted by molar-refractivity contribution is 7.92. The summed E-state index contributed by atoms with van der Waals surface area (Å²) in [6.45, 7) is 3.20. The first-order valence-corrected chi connectivity index (χ1v) is 16.0. The number of hydrogen-bond acceptors (Lipinski definition) is 5. The van der Waals surface area contributed by atoms with Crippen molar-refractivity contribution in [2.24, 2.45) is 0 Å². The second-order valence-corrected chi connectivity index (χ2v) is 12.8.